The summed E-state index contributed by atoms with van der Waals surface area (Å²) in [5.74, 6) is 1.64. The summed E-state index contributed by atoms with van der Waals surface area (Å²) in [5.41, 5.74) is 0.945. The quantitative estimate of drug-likeness (QED) is 0.736. The molecule has 0 aliphatic heterocycles. The lowest BCUT2D eigenvalue weighted by molar-refractivity contribution is 0.719. The summed E-state index contributed by atoms with van der Waals surface area (Å²) in [5, 5.41) is 6.35. The second-order valence-electron chi connectivity index (χ2n) is 4.53. The maximum absolute atomic E-state index is 4.37. The molecule has 3 rings (SSSR count). The molecule has 6 heteroatoms. The fraction of sp³-hybridized carbons (Fsp3) is 0.308. The molecule has 0 spiro atoms. The zero-order chi connectivity index (χ0) is 13.4. The molecule has 0 bridgehead atoms. The maximum Gasteiger partial charge on any atom is 0.254 e. The zero-order valence-electron chi connectivity index (χ0n) is 11.1. The molecule has 0 aliphatic rings. The summed E-state index contributed by atoms with van der Waals surface area (Å²) in [6.07, 6.45) is 1.54. The van der Waals surface area contributed by atoms with Crippen molar-refractivity contribution in [1.29, 1.82) is 0 Å². The van der Waals surface area contributed by atoms with E-state index in [0.717, 1.165) is 11.5 Å². The number of hydrogen-bond donors (Lipinski definition) is 0. The van der Waals surface area contributed by atoms with Crippen molar-refractivity contribution in [3.8, 4) is 0 Å². The van der Waals surface area contributed by atoms with Gasteiger partial charge < -0.3 is 4.90 Å². The number of aryl methyl sites for hydroxylation is 1. The van der Waals surface area contributed by atoms with Crippen LogP contribution in [0.5, 0.6) is 0 Å². The Bertz CT molecular complexity index is 688. The third kappa shape index (κ3) is 2.08. The molecule has 0 amide bonds. The molecule has 0 unspecified atom stereocenters. The molecular weight excluding hydrogens is 258 g/mol. The number of anilines is 1. The van der Waals surface area contributed by atoms with Gasteiger partial charge in [0.25, 0.3) is 5.78 Å². The Hall–Kier alpha value is -1.95. The first-order valence-corrected chi connectivity index (χ1v) is 6.98. The zero-order valence-corrected chi connectivity index (χ0v) is 11.9. The van der Waals surface area contributed by atoms with E-state index in [1.165, 1.54) is 11.2 Å². The van der Waals surface area contributed by atoms with E-state index in [9.17, 15) is 0 Å². The van der Waals surface area contributed by atoms with Crippen LogP contribution in [0.3, 0.4) is 0 Å². The van der Waals surface area contributed by atoms with Gasteiger partial charge in [0.15, 0.2) is 0 Å². The van der Waals surface area contributed by atoms with Gasteiger partial charge in [-0.05, 0) is 25.3 Å². The Morgan fingerprint density at radius 2 is 2.26 bits per heavy atom. The minimum atomic E-state index is 0.286. The second kappa shape index (κ2) is 4.62. The lowest BCUT2D eigenvalue weighted by atomic mass is 10.2. The van der Waals surface area contributed by atoms with Gasteiger partial charge in [-0.25, -0.2) is 4.98 Å². The normalized spacial score (nSPS) is 12.8. The van der Waals surface area contributed by atoms with Crippen LogP contribution >= 0.6 is 11.3 Å². The van der Waals surface area contributed by atoms with Crippen LogP contribution in [0.25, 0.3) is 5.78 Å². The van der Waals surface area contributed by atoms with E-state index < -0.39 is 0 Å². The maximum atomic E-state index is 4.37. The summed E-state index contributed by atoms with van der Waals surface area (Å²) < 4.78 is 1.77. The molecule has 0 aromatic carbocycles. The fourth-order valence-corrected chi connectivity index (χ4v) is 2.91. The van der Waals surface area contributed by atoms with Crippen molar-refractivity contribution in [3.05, 3.63) is 40.5 Å². The number of aromatic nitrogens is 4. The molecule has 5 nitrogen and oxygen atoms in total. The highest BCUT2D eigenvalue weighted by Gasteiger charge is 2.17. The highest BCUT2D eigenvalue weighted by atomic mass is 32.1. The van der Waals surface area contributed by atoms with E-state index in [4.69, 9.17) is 0 Å². The summed E-state index contributed by atoms with van der Waals surface area (Å²) in [6.45, 7) is 4.16. The van der Waals surface area contributed by atoms with E-state index >= 15 is 0 Å². The van der Waals surface area contributed by atoms with Crippen molar-refractivity contribution in [2.24, 2.45) is 0 Å². The van der Waals surface area contributed by atoms with Gasteiger partial charge in [-0.3, -0.25) is 0 Å². The average Bonchev–Trinajstić information content (AvgIpc) is 3.06. The molecule has 0 radical (unpaired) electrons. The first-order chi connectivity index (χ1) is 9.16. The Kier molecular flexibility index (Phi) is 2.94. The highest BCUT2D eigenvalue weighted by molar-refractivity contribution is 7.10. The first-order valence-electron chi connectivity index (χ1n) is 6.10. The Balaban J connectivity index is 2.06. The molecular formula is C13H15N5S. The second-order valence-corrected chi connectivity index (χ2v) is 5.51. The molecule has 0 saturated heterocycles. The predicted molar refractivity (Wildman–Crippen MR) is 76.7 cm³/mol. The highest BCUT2D eigenvalue weighted by Crippen LogP contribution is 2.28. The smallest absolute Gasteiger partial charge is 0.254 e. The number of fused-ring (bicyclic) bond motifs is 1. The van der Waals surface area contributed by atoms with Crippen LogP contribution in [0.2, 0.25) is 0 Å². The molecule has 0 N–H and O–H groups in total. The molecule has 1 atom stereocenters. The van der Waals surface area contributed by atoms with Crippen LogP contribution in [0.1, 0.15) is 23.5 Å². The largest absolute Gasteiger partial charge is 0.352 e. The Morgan fingerprint density at radius 3 is 3.00 bits per heavy atom. The minimum absolute atomic E-state index is 0.286. The lowest BCUT2D eigenvalue weighted by Crippen LogP contribution is -2.23. The summed E-state index contributed by atoms with van der Waals surface area (Å²) in [4.78, 5) is 12.0. The van der Waals surface area contributed by atoms with Crippen LogP contribution in [0.15, 0.2) is 29.9 Å². The third-order valence-electron chi connectivity index (χ3n) is 3.26. The predicted octanol–water partition coefficient (Wildman–Crippen LogP) is 2.69. The molecule has 3 heterocycles. The van der Waals surface area contributed by atoms with Crippen molar-refractivity contribution >= 4 is 22.9 Å². The summed E-state index contributed by atoms with van der Waals surface area (Å²) in [6, 6.07) is 6.55. The Morgan fingerprint density at radius 1 is 1.42 bits per heavy atom. The van der Waals surface area contributed by atoms with Crippen molar-refractivity contribution < 1.29 is 0 Å². The summed E-state index contributed by atoms with van der Waals surface area (Å²) >= 11 is 1.76. The molecule has 3 aromatic heterocycles. The van der Waals surface area contributed by atoms with Gasteiger partial charge in [-0.2, -0.15) is 14.6 Å². The molecule has 0 aliphatic carbocycles. The summed E-state index contributed by atoms with van der Waals surface area (Å²) in [7, 11) is 2.07. The van der Waals surface area contributed by atoms with Crippen molar-refractivity contribution in [2.45, 2.75) is 19.9 Å². The van der Waals surface area contributed by atoms with E-state index in [2.05, 4.69) is 51.5 Å². The van der Waals surface area contributed by atoms with Crippen molar-refractivity contribution in [2.75, 3.05) is 11.9 Å². The van der Waals surface area contributed by atoms with E-state index in [1.807, 2.05) is 13.0 Å². The third-order valence-corrected chi connectivity index (χ3v) is 4.30. The molecule has 98 valence electrons. The van der Waals surface area contributed by atoms with E-state index in [-0.39, 0.29) is 6.04 Å². The van der Waals surface area contributed by atoms with E-state index in [0.29, 0.717) is 5.78 Å². The topological polar surface area (TPSA) is 46.3 Å². The number of thiophene rings is 1. The first kappa shape index (κ1) is 12.1. The van der Waals surface area contributed by atoms with Crippen LogP contribution in [0, 0.1) is 6.92 Å². The lowest BCUT2D eigenvalue weighted by Gasteiger charge is -2.26. The number of nitrogens with zero attached hydrogens (tertiary/aromatic N) is 5. The molecule has 0 saturated carbocycles. The van der Waals surface area contributed by atoms with Gasteiger partial charge in [-0.1, -0.05) is 6.07 Å². The number of hydrogen-bond acceptors (Lipinski definition) is 5. The average molecular weight is 273 g/mol. The van der Waals surface area contributed by atoms with Gasteiger partial charge in [0.05, 0.1) is 6.04 Å². The van der Waals surface area contributed by atoms with Crippen LogP contribution in [-0.4, -0.2) is 26.6 Å². The molecule has 3 aromatic rings. The van der Waals surface area contributed by atoms with Gasteiger partial charge in [0.2, 0.25) is 0 Å². The molecule has 0 fully saturated rings. The fourth-order valence-electron chi connectivity index (χ4n) is 2.08. The number of rotatable bonds is 3. The van der Waals surface area contributed by atoms with E-state index in [1.54, 1.807) is 15.9 Å². The van der Waals surface area contributed by atoms with Crippen molar-refractivity contribution in [1.82, 2.24) is 19.6 Å². The van der Waals surface area contributed by atoms with Crippen LogP contribution in [0.4, 0.5) is 5.82 Å². The molecule has 19 heavy (non-hydrogen) atoms. The standard InChI is InChI=1S/C13H15N5S/c1-9-7-12(18-13(16-9)14-8-15-18)17(3)10(2)11-5-4-6-19-11/h4-8,10H,1-3H3/t10-/m1/s1. The van der Waals surface area contributed by atoms with Gasteiger partial charge in [0.1, 0.15) is 12.1 Å². The minimum Gasteiger partial charge on any atom is -0.352 e. The van der Waals surface area contributed by atoms with Crippen LogP contribution < -0.4 is 4.90 Å². The SMILES string of the molecule is Cc1cc(N(C)[C@H](C)c2cccs2)n2ncnc2n1. The monoisotopic (exact) mass is 273 g/mol. The van der Waals surface area contributed by atoms with Gasteiger partial charge >= 0.3 is 0 Å². The van der Waals surface area contributed by atoms with Crippen LogP contribution in [-0.2, 0) is 0 Å². The van der Waals surface area contributed by atoms with Gasteiger partial charge in [-0.15, -0.1) is 11.3 Å². The van der Waals surface area contributed by atoms with Crippen molar-refractivity contribution in [3.63, 3.8) is 0 Å². The van der Waals surface area contributed by atoms with Gasteiger partial charge in [0, 0.05) is 23.7 Å². The Labute approximate surface area is 115 Å².